The summed E-state index contributed by atoms with van der Waals surface area (Å²) in [7, 11) is -2.02. The summed E-state index contributed by atoms with van der Waals surface area (Å²) < 4.78 is 37.7. The van der Waals surface area contributed by atoms with Gasteiger partial charge in [0.25, 0.3) is 5.91 Å². The molecule has 1 amide bonds. The van der Waals surface area contributed by atoms with Gasteiger partial charge in [-0.2, -0.15) is 4.31 Å². The lowest BCUT2D eigenvalue weighted by Crippen LogP contribution is -2.50. The molecule has 0 bridgehead atoms. The van der Waals surface area contributed by atoms with Crippen molar-refractivity contribution in [2.24, 2.45) is 0 Å². The van der Waals surface area contributed by atoms with Crippen LogP contribution in [-0.4, -0.2) is 75.1 Å². The average Bonchev–Trinajstić information content (AvgIpc) is 3.25. The second kappa shape index (κ2) is 10.8. The molecular weight excluding hydrogens is 492 g/mol. The number of ether oxygens (including phenoxy) is 1. The number of carbonyl (C=O) groups is 1. The number of aryl methyl sites for hydroxylation is 1. The maximum Gasteiger partial charge on any atom is 0.257 e. The van der Waals surface area contributed by atoms with Gasteiger partial charge in [-0.3, -0.25) is 9.69 Å². The highest BCUT2D eigenvalue weighted by Gasteiger charge is 2.29. The molecule has 11 heteroatoms. The van der Waals surface area contributed by atoms with E-state index in [0.29, 0.717) is 72.6 Å². The summed E-state index contributed by atoms with van der Waals surface area (Å²) in [5, 5.41) is 7.43. The molecule has 9 nitrogen and oxygen atoms in total. The lowest BCUT2D eigenvalue weighted by molar-refractivity contribution is 0.0944. The lowest BCUT2D eigenvalue weighted by Gasteiger charge is -2.34. The molecule has 2 heterocycles. The van der Waals surface area contributed by atoms with Crippen molar-refractivity contribution in [3.8, 4) is 17.0 Å². The zero-order chi connectivity index (χ0) is 25.0. The van der Waals surface area contributed by atoms with Crippen LogP contribution in [0.25, 0.3) is 11.3 Å². The van der Waals surface area contributed by atoms with Gasteiger partial charge < -0.3 is 14.6 Å². The van der Waals surface area contributed by atoms with E-state index in [1.165, 1.54) is 11.4 Å². The van der Waals surface area contributed by atoms with Crippen molar-refractivity contribution in [1.82, 2.24) is 19.7 Å². The molecule has 0 spiro atoms. The monoisotopic (exact) mass is 518 g/mol. The van der Waals surface area contributed by atoms with Crippen LogP contribution in [0.3, 0.4) is 0 Å². The molecule has 1 aromatic heterocycles. The number of halogens is 1. The molecule has 1 aliphatic rings. The second-order valence-corrected chi connectivity index (χ2v) is 10.5. The number of piperazine rings is 1. The van der Waals surface area contributed by atoms with Crippen LogP contribution in [-0.2, 0) is 10.0 Å². The van der Waals surface area contributed by atoms with Crippen molar-refractivity contribution < 1.29 is 22.5 Å². The van der Waals surface area contributed by atoms with Gasteiger partial charge in [-0.1, -0.05) is 35.0 Å². The summed E-state index contributed by atoms with van der Waals surface area (Å²) in [5.74, 6) is 0.727. The molecule has 0 saturated carbocycles. The normalized spacial score (nSPS) is 15.2. The van der Waals surface area contributed by atoms with Crippen LogP contribution in [0.5, 0.6) is 5.75 Å². The number of amides is 1. The Morgan fingerprint density at radius 3 is 2.46 bits per heavy atom. The quantitative estimate of drug-likeness (QED) is 0.488. The minimum atomic E-state index is -3.56. The largest absolute Gasteiger partial charge is 0.497 e. The second-order valence-electron chi connectivity index (χ2n) is 8.12. The summed E-state index contributed by atoms with van der Waals surface area (Å²) in [6.45, 7) is 4.58. The van der Waals surface area contributed by atoms with Crippen molar-refractivity contribution in [3.05, 3.63) is 64.9 Å². The van der Waals surface area contributed by atoms with Crippen molar-refractivity contribution in [1.29, 1.82) is 0 Å². The highest BCUT2D eigenvalue weighted by atomic mass is 35.5. The number of aromatic nitrogens is 1. The van der Waals surface area contributed by atoms with Crippen molar-refractivity contribution in [2.75, 3.05) is 46.4 Å². The van der Waals surface area contributed by atoms with E-state index < -0.39 is 10.0 Å². The van der Waals surface area contributed by atoms with E-state index in [9.17, 15) is 13.2 Å². The molecule has 186 valence electrons. The van der Waals surface area contributed by atoms with Crippen LogP contribution in [0, 0.1) is 6.92 Å². The van der Waals surface area contributed by atoms with Crippen LogP contribution in [0.2, 0.25) is 5.02 Å². The lowest BCUT2D eigenvalue weighted by atomic mass is 10.1. The number of carbonyl (C=O) groups excluding carboxylic acids is 1. The molecule has 3 aromatic rings. The summed E-state index contributed by atoms with van der Waals surface area (Å²) in [5.41, 5.74) is 1.39. The fraction of sp³-hybridized carbons (Fsp3) is 0.333. The molecular formula is C24H27ClN4O5S. The molecule has 35 heavy (non-hydrogen) atoms. The number of hydrogen-bond donors (Lipinski definition) is 1. The number of nitrogens with one attached hydrogen (secondary N) is 1. The zero-order valence-electron chi connectivity index (χ0n) is 19.5. The van der Waals surface area contributed by atoms with Gasteiger partial charge in [0.15, 0.2) is 0 Å². The SMILES string of the molecule is COc1ccc(S(=O)(=O)N2CCN(CCNC(=O)c3c(-c4ccccc4Cl)noc3C)CC2)cc1. The fourth-order valence-electron chi connectivity index (χ4n) is 3.98. The molecule has 1 saturated heterocycles. The summed E-state index contributed by atoms with van der Waals surface area (Å²) >= 11 is 6.27. The molecule has 1 N–H and O–H groups in total. The number of rotatable bonds is 8. The third kappa shape index (κ3) is 5.51. The van der Waals surface area contributed by atoms with Crippen molar-refractivity contribution in [2.45, 2.75) is 11.8 Å². The van der Waals surface area contributed by atoms with Gasteiger partial charge in [0, 0.05) is 44.8 Å². The predicted octanol–water partition coefficient (Wildman–Crippen LogP) is 3.05. The number of benzene rings is 2. The van der Waals surface area contributed by atoms with Crippen LogP contribution in [0.4, 0.5) is 0 Å². The Morgan fingerprint density at radius 1 is 1.11 bits per heavy atom. The van der Waals surface area contributed by atoms with Crippen LogP contribution in [0.1, 0.15) is 16.1 Å². The van der Waals surface area contributed by atoms with E-state index in [2.05, 4.69) is 15.4 Å². The van der Waals surface area contributed by atoms with E-state index in [-0.39, 0.29) is 10.8 Å². The third-order valence-electron chi connectivity index (χ3n) is 5.96. The molecule has 0 radical (unpaired) electrons. The summed E-state index contributed by atoms with van der Waals surface area (Å²) in [6, 6.07) is 13.5. The van der Waals surface area contributed by atoms with E-state index in [4.69, 9.17) is 20.9 Å². The van der Waals surface area contributed by atoms with Crippen molar-refractivity contribution >= 4 is 27.5 Å². The van der Waals surface area contributed by atoms with Gasteiger partial charge in [0.05, 0.1) is 17.0 Å². The highest BCUT2D eigenvalue weighted by molar-refractivity contribution is 7.89. The number of methoxy groups -OCH3 is 1. The van der Waals surface area contributed by atoms with E-state index in [0.717, 1.165) is 0 Å². The Bertz CT molecular complexity index is 1290. The summed E-state index contributed by atoms with van der Waals surface area (Å²) in [6.07, 6.45) is 0. The zero-order valence-corrected chi connectivity index (χ0v) is 21.1. The minimum Gasteiger partial charge on any atom is -0.497 e. The molecule has 2 aromatic carbocycles. The van der Waals surface area contributed by atoms with Gasteiger partial charge in [0.1, 0.15) is 22.8 Å². The van der Waals surface area contributed by atoms with E-state index in [1.54, 1.807) is 49.4 Å². The number of hydrogen-bond acceptors (Lipinski definition) is 7. The topological polar surface area (TPSA) is 105 Å². The third-order valence-corrected chi connectivity index (χ3v) is 8.20. The Morgan fingerprint density at radius 2 is 1.80 bits per heavy atom. The molecule has 0 aliphatic carbocycles. The minimum absolute atomic E-state index is 0.248. The first kappa shape index (κ1) is 25.2. The Hall–Kier alpha value is -2.92. The molecule has 1 aliphatic heterocycles. The van der Waals surface area contributed by atoms with Gasteiger partial charge in [0.2, 0.25) is 10.0 Å². The van der Waals surface area contributed by atoms with Gasteiger partial charge >= 0.3 is 0 Å². The van der Waals surface area contributed by atoms with Crippen molar-refractivity contribution in [3.63, 3.8) is 0 Å². The molecule has 1 fully saturated rings. The van der Waals surface area contributed by atoms with Crippen LogP contribution >= 0.6 is 11.6 Å². The van der Waals surface area contributed by atoms with E-state index >= 15 is 0 Å². The number of nitrogens with zero attached hydrogens (tertiary/aromatic N) is 3. The van der Waals surface area contributed by atoms with E-state index in [1.807, 2.05) is 6.07 Å². The van der Waals surface area contributed by atoms with Crippen LogP contribution < -0.4 is 10.1 Å². The first-order valence-electron chi connectivity index (χ1n) is 11.2. The number of sulfonamides is 1. The molecule has 0 unspecified atom stereocenters. The maximum atomic E-state index is 12.9. The Balaban J connectivity index is 1.30. The Kier molecular flexibility index (Phi) is 7.75. The molecule has 4 rings (SSSR count). The first-order chi connectivity index (χ1) is 16.8. The predicted molar refractivity (Wildman–Crippen MR) is 132 cm³/mol. The molecule has 0 atom stereocenters. The Labute approximate surface area is 209 Å². The highest BCUT2D eigenvalue weighted by Crippen LogP contribution is 2.31. The first-order valence-corrected chi connectivity index (χ1v) is 13.0. The summed E-state index contributed by atoms with van der Waals surface area (Å²) in [4.78, 5) is 15.3. The van der Waals surface area contributed by atoms with Gasteiger partial charge in [-0.15, -0.1) is 0 Å². The smallest absolute Gasteiger partial charge is 0.257 e. The standard InChI is InChI=1S/C24H27ClN4O5S/c1-17-22(23(27-34-17)20-5-3-4-6-21(20)25)24(30)26-11-12-28-13-15-29(16-14-28)35(31,32)19-9-7-18(33-2)8-10-19/h3-10H,11-16H2,1-2H3,(H,26,30). The average molecular weight is 519 g/mol. The van der Waals surface area contributed by atoms with Crippen LogP contribution in [0.15, 0.2) is 57.9 Å². The van der Waals surface area contributed by atoms with Gasteiger partial charge in [-0.25, -0.2) is 8.42 Å². The maximum absolute atomic E-state index is 12.9. The van der Waals surface area contributed by atoms with Gasteiger partial charge in [-0.05, 0) is 37.3 Å². The fourth-order valence-corrected chi connectivity index (χ4v) is 5.63.